The Hall–Kier alpha value is -1.78. The highest BCUT2D eigenvalue weighted by Gasteiger charge is 2.40. The molecule has 0 radical (unpaired) electrons. The number of dihydropyridines is 1. The Morgan fingerprint density at radius 3 is 2.36 bits per heavy atom. The minimum atomic E-state index is -0.923. The highest BCUT2D eigenvalue weighted by molar-refractivity contribution is 6.42. The van der Waals surface area contributed by atoms with Gasteiger partial charge in [-0.05, 0) is 50.2 Å². The second kappa shape index (κ2) is 20.2. The van der Waals surface area contributed by atoms with E-state index in [1.54, 1.807) is 25.1 Å². The average Bonchev–Trinajstić information content (AvgIpc) is 2.98. The first kappa shape index (κ1) is 36.4. The average molecular weight is 666 g/mol. The van der Waals surface area contributed by atoms with Gasteiger partial charge in [-0.25, -0.2) is 9.59 Å². The van der Waals surface area contributed by atoms with E-state index in [4.69, 9.17) is 71.1 Å². The van der Waals surface area contributed by atoms with E-state index in [0.717, 1.165) is 25.7 Å². The first-order valence-corrected chi connectivity index (χ1v) is 15.7. The molecule has 0 aliphatic carbocycles. The summed E-state index contributed by atoms with van der Waals surface area (Å²) < 4.78 is 22.0. The third-order valence-corrected chi connectivity index (χ3v) is 7.95. The monoisotopic (exact) mass is 664 g/mol. The van der Waals surface area contributed by atoms with Crippen LogP contribution in [-0.2, 0) is 28.5 Å². The molecule has 42 heavy (non-hydrogen) atoms. The number of allylic oxidation sites excluding steroid dienone is 2. The summed E-state index contributed by atoms with van der Waals surface area (Å²) in [5, 5.41) is 3.64. The number of carbonyl (C=O) groups is 2. The first-order valence-electron chi connectivity index (χ1n) is 13.8. The van der Waals surface area contributed by atoms with Gasteiger partial charge in [0.2, 0.25) is 0 Å². The van der Waals surface area contributed by atoms with Crippen LogP contribution in [0.15, 0.2) is 52.9 Å². The molecule has 1 aromatic rings. The summed E-state index contributed by atoms with van der Waals surface area (Å²) in [5.74, 6) is -0.755. The van der Waals surface area contributed by atoms with Crippen LogP contribution in [-0.4, -0.2) is 70.4 Å². The number of carbonyl (C=O) groups excluding carboxylic acids is 2. The molecule has 3 N–H and O–H groups in total. The Morgan fingerprint density at radius 2 is 1.71 bits per heavy atom. The summed E-state index contributed by atoms with van der Waals surface area (Å²) in [5.41, 5.74) is 7.21. The molecule has 0 fully saturated rings. The van der Waals surface area contributed by atoms with Crippen LogP contribution in [0.1, 0.15) is 44.1 Å². The fourth-order valence-corrected chi connectivity index (χ4v) is 5.35. The van der Waals surface area contributed by atoms with E-state index in [1.807, 2.05) is 12.2 Å². The lowest BCUT2D eigenvalue weighted by atomic mass is 9.80. The normalized spacial score (nSPS) is 15.5. The van der Waals surface area contributed by atoms with E-state index < -0.39 is 17.9 Å². The van der Waals surface area contributed by atoms with E-state index in [0.29, 0.717) is 48.5 Å². The van der Waals surface area contributed by atoms with Crippen molar-refractivity contribution in [1.82, 2.24) is 5.32 Å². The molecule has 0 saturated heterocycles. The van der Waals surface area contributed by atoms with Crippen LogP contribution in [0.4, 0.5) is 0 Å². The lowest BCUT2D eigenvalue weighted by molar-refractivity contribution is -0.138. The molecule has 8 nitrogen and oxygen atoms in total. The Kier molecular flexibility index (Phi) is 17.5. The van der Waals surface area contributed by atoms with Crippen LogP contribution >= 0.6 is 46.4 Å². The molecule has 0 aromatic heterocycles. The summed E-state index contributed by atoms with van der Waals surface area (Å²) in [4.78, 5) is 26.8. The van der Waals surface area contributed by atoms with Gasteiger partial charge in [0.1, 0.15) is 6.61 Å². The van der Waals surface area contributed by atoms with Crippen molar-refractivity contribution >= 4 is 58.3 Å². The molecule has 1 atom stereocenters. The molecule has 234 valence electrons. The molecule has 0 bridgehead atoms. The molecule has 0 unspecified atom stereocenters. The molecule has 0 spiro atoms. The third-order valence-electron chi connectivity index (χ3n) is 6.58. The van der Waals surface area contributed by atoms with Crippen molar-refractivity contribution in [2.75, 3.05) is 58.4 Å². The first-order chi connectivity index (χ1) is 20.3. The predicted octanol–water partition coefficient (Wildman–Crippen LogP) is 6.13. The number of esters is 2. The number of alkyl halides is 2. The maximum Gasteiger partial charge on any atom is 0.337 e. The van der Waals surface area contributed by atoms with Crippen LogP contribution in [0, 0.1) is 5.92 Å². The summed E-state index contributed by atoms with van der Waals surface area (Å²) in [6.07, 6.45) is 7.43. The fraction of sp³-hybridized carbons (Fsp3) is 0.533. The Balaban J connectivity index is 2.43. The van der Waals surface area contributed by atoms with E-state index in [-0.39, 0.29) is 46.9 Å². The standard InChI is InChI=1S/C30H40Cl4N2O6/c1-20-25(29(37)39-2)26(22-10-3-11-23(33)28(22)34)27(24(36-20)19-41-18-17-40-16-14-35)30(38)42-15-6-9-21(7-4-12-31)8-5-13-32/h3,6,9-11,21,26,36H,4-5,7-8,12-19,35H2,1-2H3/b9-6+/t26-/m0/s1. The fourth-order valence-electron chi connectivity index (χ4n) is 4.63. The van der Waals surface area contributed by atoms with Gasteiger partial charge in [0.25, 0.3) is 0 Å². The van der Waals surface area contributed by atoms with Gasteiger partial charge in [0.15, 0.2) is 0 Å². The van der Waals surface area contributed by atoms with Crippen molar-refractivity contribution in [1.29, 1.82) is 0 Å². The number of hydrogen-bond acceptors (Lipinski definition) is 8. The third kappa shape index (κ3) is 11.1. The van der Waals surface area contributed by atoms with Crippen molar-refractivity contribution in [3.8, 4) is 0 Å². The number of benzene rings is 1. The largest absolute Gasteiger partial charge is 0.466 e. The van der Waals surface area contributed by atoms with Crippen molar-refractivity contribution in [3.05, 3.63) is 68.5 Å². The minimum absolute atomic E-state index is 0.0195. The number of rotatable bonds is 19. The minimum Gasteiger partial charge on any atom is -0.466 e. The molecule has 0 amide bonds. The van der Waals surface area contributed by atoms with Gasteiger partial charge < -0.3 is 30.0 Å². The van der Waals surface area contributed by atoms with E-state index in [9.17, 15) is 9.59 Å². The number of nitrogens with one attached hydrogen (secondary N) is 1. The van der Waals surface area contributed by atoms with Crippen LogP contribution in [0.2, 0.25) is 10.0 Å². The van der Waals surface area contributed by atoms with E-state index in [1.165, 1.54) is 7.11 Å². The lowest BCUT2D eigenvalue weighted by Gasteiger charge is -2.32. The van der Waals surface area contributed by atoms with Crippen molar-refractivity contribution in [3.63, 3.8) is 0 Å². The van der Waals surface area contributed by atoms with Gasteiger partial charge in [-0.1, -0.05) is 47.5 Å². The van der Waals surface area contributed by atoms with Crippen molar-refractivity contribution < 1.29 is 28.5 Å². The number of methoxy groups -OCH3 is 1. The van der Waals surface area contributed by atoms with Gasteiger partial charge in [0, 0.05) is 24.0 Å². The maximum atomic E-state index is 13.8. The maximum absolute atomic E-state index is 13.8. The zero-order chi connectivity index (χ0) is 30.9. The van der Waals surface area contributed by atoms with Crippen LogP contribution in [0.3, 0.4) is 0 Å². The van der Waals surface area contributed by atoms with E-state index in [2.05, 4.69) is 5.32 Å². The Bertz CT molecular complexity index is 1120. The summed E-state index contributed by atoms with van der Waals surface area (Å²) in [6.45, 7) is 3.16. The number of hydrogen-bond donors (Lipinski definition) is 2. The second-order valence-electron chi connectivity index (χ2n) is 9.53. The molecule has 0 saturated carbocycles. The molecule has 1 aliphatic rings. The molecular weight excluding hydrogens is 626 g/mol. The predicted molar refractivity (Wildman–Crippen MR) is 168 cm³/mol. The molecule has 2 rings (SSSR count). The lowest BCUT2D eigenvalue weighted by Crippen LogP contribution is -2.35. The number of nitrogens with two attached hydrogens (primary N) is 1. The van der Waals surface area contributed by atoms with Gasteiger partial charge in [-0.2, -0.15) is 0 Å². The van der Waals surface area contributed by atoms with Gasteiger partial charge in [0.05, 0.1) is 66.3 Å². The zero-order valence-corrected chi connectivity index (χ0v) is 27.1. The van der Waals surface area contributed by atoms with Crippen molar-refractivity contribution in [2.24, 2.45) is 11.7 Å². The quantitative estimate of drug-likeness (QED) is 0.0787. The highest BCUT2D eigenvalue weighted by atomic mass is 35.5. The van der Waals surface area contributed by atoms with Gasteiger partial charge in [-0.15, -0.1) is 23.2 Å². The molecule has 1 aromatic carbocycles. The number of ether oxygens (including phenoxy) is 4. The van der Waals surface area contributed by atoms with E-state index >= 15 is 0 Å². The zero-order valence-electron chi connectivity index (χ0n) is 24.1. The van der Waals surface area contributed by atoms with Crippen LogP contribution in [0.5, 0.6) is 0 Å². The molecule has 1 heterocycles. The summed E-state index contributed by atoms with van der Waals surface area (Å²) in [6, 6.07) is 5.05. The Morgan fingerprint density at radius 1 is 1.02 bits per heavy atom. The van der Waals surface area contributed by atoms with Crippen molar-refractivity contribution in [2.45, 2.75) is 38.5 Å². The van der Waals surface area contributed by atoms with Crippen LogP contribution in [0.25, 0.3) is 0 Å². The number of halogens is 4. The smallest absolute Gasteiger partial charge is 0.337 e. The topological polar surface area (TPSA) is 109 Å². The molecule has 1 aliphatic heterocycles. The molecule has 12 heteroatoms. The molecular formula is C30H40Cl4N2O6. The highest BCUT2D eigenvalue weighted by Crippen LogP contribution is 2.43. The van der Waals surface area contributed by atoms with Gasteiger partial charge in [-0.3, -0.25) is 0 Å². The summed E-state index contributed by atoms with van der Waals surface area (Å²) >= 11 is 24.8. The van der Waals surface area contributed by atoms with Crippen LogP contribution < -0.4 is 11.1 Å². The summed E-state index contributed by atoms with van der Waals surface area (Å²) in [7, 11) is 1.27. The Labute approximate surface area is 268 Å². The second-order valence-corrected chi connectivity index (χ2v) is 11.1. The van der Waals surface area contributed by atoms with Gasteiger partial charge >= 0.3 is 11.9 Å². The SMILES string of the molecule is COC(=O)C1=C(C)NC(COCCOCCN)=C(C(=O)OC/C=C/C(CCCCl)CCCCl)[C@H]1c1cccc(Cl)c1Cl.